The van der Waals surface area contributed by atoms with Crippen LogP contribution in [0.15, 0.2) is 48.8 Å². The Labute approximate surface area is 182 Å². The minimum atomic E-state index is -0.225. The molecular weight excluding hydrogens is 393 g/mol. The number of carbonyl (C=O) groups excluding carboxylic acids is 1. The van der Waals surface area contributed by atoms with E-state index in [0.717, 1.165) is 43.0 Å². The van der Waals surface area contributed by atoms with Crippen molar-refractivity contribution in [3.63, 3.8) is 0 Å². The van der Waals surface area contributed by atoms with Crippen molar-refractivity contribution < 1.29 is 13.9 Å². The fraction of sp³-hybridized carbons (Fsp3) is 0.400. The molecule has 1 aromatic carbocycles. The summed E-state index contributed by atoms with van der Waals surface area (Å²) < 4.78 is 18.9. The molecule has 1 fully saturated rings. The Balaban J connectivity index is 1.41. The van der Waals surface area contributed by atoms with Crippen LogP contribution in [0, 0.1) is 11.7 Å². The molecule has 1 atom stereocenters. The van der Waals surface area contributed by atoms with E-state index < -0.39 is 0 Å². The molecule has 1 N–H and O–H groups in total. The number of nitrogens with one attached hydrogen (secondary N) is 1. The van der Waals surface area contributed by atoms with Crippen molar-refractivity contribution in [3.05, 3.63) is 65.7 Å². The minimum absolute atomic E-state index is 0.0975. The molecule has 1 aliphatic rings. The van der Waals surface area contributed by atoms with Crippen molar-refractivity contribution in [2.45, 2.75) is 51.0 Å². The highest BCUT2D eigenvalue weighted by Gasteiger charge is 2.29. The Morgan fingerprint density at radius 1 is 1.16 bits per heavy atom. The minimum Gasteiger partial charge on any atom is -0.481 e. The highest BCUT2D eigenvalue weighted by molar-refractivity contribution is 5.94. The smallest absolute Gasteiger partial charge is 0.253 e. The van der Waals surface area contributed by atoms with Gasteiger partial charge in [0.05, 0.1) is 18.2 Å². The van der Waals surface area contributed by atoms with Crippen molar-refractivity contribution in [2.75, 3.05) is 7.11 Å². The Morgan fingerprint density at radius 3 is 2.65 bits per heavy atom. The molecule has 0 unspecified atom stereocenters. The highest BCUT2D eigenvalue weighted by Crippen LogP contribution is 2.39. The molecule has 0 aliphatic heterocycles. The lowest BCUT2D eigenvalue weighted by molar-refractivity contribution is 0.0909. The molecule has 5 nitrogen and oxygen atoms in total. The first-order chi connectivity index (χ1) is 15.1. The molecule has 3 aromatic rings. The van der Waals surface area contributed by atoms with Crippen LogP contribution in [0.1, 0.15) is 60.9 Å². The quantitative estimate of drug-likeness (QED) is 0.590. The van der Waals surface area contributed by atoms with Crippen LogP contribution in [0.5, 0.6) is 5.88 Å². The van der Waals surface area contributed by atoms with Crippen LogP contribution in [-0.4, -0.2) is 29.0 Å². The number of amides is 1. The molecule has 1 aliphatic carbocycles. The maximum absolute atomic E-state index is 13.8. The van der Waals surface area contributed by atoms with Crippen LogP contribution in [0.2, 0.25) is 0 Å². The maximum atomic E-state index is 13.8. The van der Waals surface area contributed by atoms with Crippen LogP contribution in [0.4, 0.5) is 4.39 Å². The molecule has 2 heterocycles. The molecular formula is C25H28FN3O2. The first-order valence-corrected chi connectivity index (χ1v) is 10.9. The van der Waals surface area contributed by atoms with Crippen LogP contribution in [0.25, 0.3) is 10.9 Å². The van der Waals surface area contributed by atoms with E-state index >= 15 is 0 Å². The van der Waals surface area contributed by atoms with Crippen molar-refractivity contribution in [2.24, 2.45) is 5.92 Å². The third-order valence-corrected chi connectivity index (χ3v) is 6.48. The lowest BCUT2D eigenvalue weighted by Crippen LogP contribution is -2.41. The summed E-state index contributed by atoms with van der Waals surface area (Å²) in [6.45, 7) is 2.11. The fourth-order valence-electron chi connectivity index (χ4n) is 4.77. The number of hydrogen-bond acceptors (Lipinski definition) is 4. The average molecular weight is 422 g/mol. The summed E-state index contributed by atoms with van der Waals surface area (Å²) >= 11 is 0. The van der Waals surface area contributed by atoms with E-state index in [2.05, 4.69) is 22.2 Å². The Bertz CT molecular complexity index is 1050. The average Bonchev–Trinajstić information content (AvgIpc) is 2.82. The molecule has 0 saturated heterocycles. The second-order valence-electron chi connectivity index (χ2n) is 8.25. The van der Waals surface area contributed by atoms with Gasteiger partial charge < -0.3 is 10.1 Å². The summed E-state index contributed by atoms with van der Waals surface area (Å²) in [5.41, 5.74) is 2.57. The number of carbonyl (C=O) groups is 1. The molecule has 1 saturated carbocycles. The zero-order valence-electron chi connectivity index (χ0n) is 18.0. The molecule has 31 heavy (non-hydrogen) atoms. The standard InChI is InChI=1S/C25H28FN3O2/c1-3-22(29-25(30)18-8-11-24(31-2)28-15-18)17-6-4-16(5-7-17)20-12-13-27-23-10-9-19(26)14-21(20)23/h8-17,22H,3-7H2,1-2H3,(H,29,30)/t16-,17-,22-/m0/s1. The molecule has 0 bridgehead atoms. The first-order valence-electron chi connectivity index (χ1n) is 10.9. The monoisotopic (exact) mass is 421 g/mol. The van der Waals surface area contributed by atoms with Gasteiger partial charge in [-0.05, 0) is 79.8 Å². The molecule has 2 aromatic heterocycles. The lowest BCUT2D eigenvalue weighted by atomic mass is 9.75. The number of hydrogen-bond donors (Lipinski definition) is 1. The maximum Gasteiger partial charge on any atom is 0.253 e. The van der Waals surface area contributed by atoms with Gasteiger partial charge in [-0.3, -0.25) is 9.78 Å². The topological polar surface area (TPSA) is 64.1 Å². The normalized spacial score (nSPS) is 19.7. The van der Waals surface area contributed by atoms with Crippen molar-refractivity contribution in [3.8, 4) is 5.88 Å². The van der Waals surface area contributed by atoms with Crippen LogP contribution in [0.3, 0.4) is 0 Å². The number of fused-ring (bicyclic) bond motifs is 1. The van der Waals surface area contributed by atoms with E-state index in [9.17, 15) is 9.18 Å². The van der Waals surface area contributed by atoms with Gasteiger partial charge in [0.2, 0.25) is 5.88 Å². The van der Waals surface area contributed by atoms with Crippen molar-refractivity contribution >= 4 is 16.8 Å². The third kappa shape index (κ3) is 4.68. The largest absolute Gasteiger partial charge is 0.481 e. The Kier molecular flexibility index (Phi) is 6.44. The predicted octanol–water partition coefficient (Wildman–Crippen LogP) is 5.26. The number of pyridine rings is 2. The summed E-state index contributed by atoms with van der Waals surface area (Å²) in [7, 11) is 1.55. The summed E-state index contributed by atoms with van der Waals surface area (Å²) in [5, 5.41) is 4.12. The summed E-state index contributed by atoms with van der Waals surface area (Å²) in [6, 6.07) is 10.4. The molecule has 6 heteroatoms. The van der Waals surface area contributed by atoms with Gasteiger partial charge in [0.25, 0.3) is 5.91 Å². The van der Waals surface area contributed by atoms with E-state index in [4.69, 9.17) is 4.74 Å². The molecule has 0 radical (unpaired) electrons. The van der Waals surface area contributed by atoms with Gasteiger partial charge in [-0.25, -0.2) is 9.37 Å². The van der Waals surface area contributed by atoms with E-state index in [-0.39, 0.29) is 17.8 Å². The number of rotatable bonds is 6. The second kappa shape index (κ2) is 9.41. The third-order valence-electron chi connectivity index (χ3n) is 6.48. The van der Waals surface area contributed by atoms with Crippen LogP contribution >= 0.6 is 0 Å². The van der Waals surface area contributed by atoms with Gasteiger partial charge in [0.1, 0.15) is 5.82 Å². The van der Waals surface area contributed by atoms with Gasteiger partial charge >= 0.3 is 0 Å². The predicted molar refractivity (Wildman–Crippen MR) is 119 cm³/mol. The van der Waals surface area contributed by atoms with Crippen LogP contribution < -0.4 is 10.1 Å². The van der Waals surface area contributed by atoms with Crippen molar-refractivity contribution in [1.29, 1.82) is 0 Å². The molecule has 162 valence electrons. The number of benzene rings is 1. The number of methoxy groups -OCH3 is 1. The van der Waals surface area contributed by atoms with E-state index in [1.807, 2.05) is 12.3 Å². The first kappa shape index (κ1) is 21.2. The zero-order chi connectivity index (χ0) is 21.8. The summed E-state index contributed by atoms with van der Waals surface area (Å²) in [5.74, 6) is 0.992. The fourth-order valence-corrected chi connectivity index (χ4v) is 4.77. The second-order valence-corrected chi connectivity index (χ2v) is 8.25. The van der Waals surface area contributed by atoms with Crippen molar-refractivity contribution in [1.82, 2.24) is 15.3 Å². The number of aromatic nitrogens is 2. The molecule has 0 spiro atoms. The summed E-state index contributed by atoms with van der Waals surface area (Å²) in [4.78, 5) is 21.2. The number of nitrogens with zero attached hydrogens (tertiary/aromatic N) is 2. The Hall–Kier alpha value is -3.02. The van der Waals surface area contributed by atoms with Crippen LogP contribution in [-0.2, 0) is 0 Å². The van der Waals surface area contributed by atoms with Gasteiger partial charge in [-0.2, -0.15) is 0 Å². The lowest BCUT2D eigenvalue weighted by Gasteiger charge is -2.34. The van der Waals surface area contributed by atoms with E-state index in [1.54, 1.807) is 37.6 Å². The zero-order valence-corrected chi connectivity index (χ0v) is 18.0. The van der Waals surface area contributed by atoms with E-state index in [0.29, 0.717) is 23.3 Å². The Morgan fingerprint density at radius 2 is 1.97 bits per heavy atom. The SMILES string of the molecule is CC[C@H](NC(=O)c1ccc(OC)nc1)[C@H]1CC[C@H](c2ccnc3ccc(F)cc32)CC1. The van der Waals surface area contributed by atoms with Gasteiger partial charge in [0, 0.05) is 29.9 Å². The van der Waals surface area contributed by atoms with Gasteiger partial charge in [-0.1, -0.05) is 6.92 Å². The number of ether oxygens (including phenoxy) is 1. The van der Waals surface area contributed by atoms with Gasteiger partial charge in [-0.15, -0.1) is 0 Å². The highest BCUT2D eigenvalue weighted by atomic mass is 19.1. The molecule has 4 rings (SSSR count). The number of halogens is 1. The van der Waals surface area contributed by atoms with E-state index in [1.165, 1.54) is 11.6 Å². The summed E-state index contributed by atoms with van der Waals surface area (Å²) in [6.07, 6.45) is 8.36. The van der Waals surface area contributed by atoms with Gasteiger partial charge in [0.15, 0.2) is 0 Å². The molecule has 1 amide bonds.